The van der Waals surface area contributed by atoms with Crippen molar-refractivity contribution in [2.75, 3.05) is 26.2 Å². The Hall–Kier alpha value is -2.14. The molecule has 2 aromatic rings. The molecule has 0 fully saturated rings. The van der Waals surface area contributed by atoms with Crippen molar-refractivity contribution in [2.24, 2.45) is 0 Å². The van der Waals surface area contributed by atoms with Gasteiger partial charge in [-0.3, -0.25) is 4.79 Å². The number of amides is 1. The zero-order valence-corrected chi connectivity index (χ0v) is 12.5. The third-order valence-corrected chi connectivity index (χ3v) is 3.41. The smallest absolute Gasteiger partial charge is 0.273 e. The fraction of sp³-hybridized carbons (Fsp3) is 0.375. The number of nitrogens with zero attached hydrogens (tertiary/aromatic N) is 2. The summed E-state index contributed by atoms with van der Waals surface area (Å²) in [4.78, 5) is 14.2. The monoisotopic (exact) mass is 287 g/mol. The Balaban J connectivity index is 1.91. The molecule has 0 saturated heterocycles. The van der Waals surface area contributed by atoms with Gasteiger partial charge in [-0.1, -0.05) is 49.3 Å². The van der Waals surface area contributed by atoms with E-state index in [4.69, 9.17) is 4.52 Å². The molecule has 1 heterocycles. The van der Waals surface area contributed by atoms with Gasteiger partial charge in [0.05, 0.1) is 0 Å². The molecule has 112 valence electrons. The molecule has 5 heteroatoms. The first-order chi connectivity index (χ1) is 10.2. The maximum Gasteiger partial charge on any atom is 0.273 e. The van der Waals surface area contributed by atoms with Gasteiger partial charge in [-0.05, 0) is 13.1 Å². The van der Waals surface area contributed by atoms with Gasteiger partial charge in [0.25, 0.3) is 5.91 Å². The molecule has 0 saturated carbocycles. The van der Waals surface area contributed by atoms with Crippen molar-refractivity contribution in [1.82, 2.24) is 15.4 Å². The number of carbonyl (C=O) groups excluding carboxylic acids is 1. The van der Waals surface area contributed by atoms with Gasteiger partial charge in [-0.15, -0.1) is 0 Å². The summed E-state index contributed by atoms with van der Waals surface area (Å²) < 4.78 is 5.22. The van der Waals surface area contributed by atoms with E-state index < -0.39 is 0 Å². The molecule has 0 aliphatic rings. The lowest BCUT2D eigenvalue weighted by Gasteiger charge is -2.17. The lowest BCUT2D eigenvalue weighted by Crippen LogP contribution is -2.34. The second-order valence-corrected chi connectivity index (χ2v) is 4.73. The highest BCUT2D eigenvalue weighted by atomic mass is 16.5. The highest BCUT2D eigenvalue weighted by Gasteiger charge is 2.13. The van der Waals surface area contributed by atoms with E-state index in [0.717, 1.165) is 25.2 Å². The summed E-state index contributed by atoms with van der Waals surface area (Å²) in [7, 11) is 0. The van der Waals surface area contributed by atoms with E-state index in [9.17, 15) is 4.79 Å². The van der Waals surface area contributed by atoms with E-state index in [-0.39, 0.29) is 5.91 Å². The normalized spacial score (nSPS) is 10.8. The first-order valence-corrected chi connectivity index (χ1v) is 7.27. The quantitative estimate of drug-likeness (QED) is 0.849. The molecule has 0 aliphatic heterocycles. The largest absolute Gasteiger partial charge is 0.355 e. The van der Waals surface area contributed by atoms with Crippen LogP contribution in [0.4, 0.5) is 0 Å². The van der Waals surface area contributed by atoms with E-state index in [2.05, 4.69) is 29.2 Å². The third-order valence-electron chi connectivity index (χ3n) is 3.41. The summed E-state index contributed by atoms with van der Waals surface area (Å²) in [5.41, 5.74) is 1.22. The first-order valence-electron chi connectivity index (χ1n) is 7.27. The minimum absolute atomic E-state index is 0.201. The molecule has 0 aliphatic carbocycles. The van der Waals surface area contributed by atoms with Crippen molar-refractivity contribution in [3.63, 3.8) is 0 Å². The molecular formula is C16H21N3O2. The molecule has 1 aromatic carbocycles. The average molecular weight is 287 g/mol. The Morgan fingerprint density at radius 2 is 1.95 bits per heavy atom. The highest BCUT2D eigenvalue weighted by Crippen LogP contribution is 2.19. The van der Waals surface area contributed by atoms with Crippen LogP contribution in [-0.4, -0.2) is 42.1 Å². The summed E-state index contributed by atoms with van der Waals surface area (Å²) >= 11 is 0. The number of rotatable bonds is 7. The van der Waals surface area contributed by atoms with Gasteiger partial charge in [-0.25, -0.2) is 0 Å². The predicted molar refractivity (Wildman–Crippen MR) is 82.1 cm³/mol. The summed E-state index contributed by atoms with van der Waals surface area (Å²) in [6.07, 6.45) is 0. The van der Waals surface area contributed by atoms with E-state index in [1.165, 1.54) is 0 Å². The number of likely N-dealkylation sites (N-methyl/N-ethyl adjacent to an activating group) is 1. The lowest BCUT2D eigenvalue weighted by atomic mass is 10.1. The summed E-state index contributed by atoms with van der Waals surface area (Å²) in [5.74, 6) is 0.401. The van der Waals surface area contributed by atoms with Crippen molar-refractivity contribution in [1.29, 1.82) is 0 Å². The van der Waals surface area contributed by atoms with Crippen LogP contribution in [0.25, 0.3) is 11.3 Å². The summed E-state index contributed by atoms with van der Waals surface area (Å²) in [5, 5.41) is 6.69. The number of aromatic nitrogens is 1. The Morgan fingerprint density at radius 1 is 1.24 bits per heavy atom. The topological polar surface area (TPSA) is 58.4 Å². The van der Waals surface area contributed by atoms with Crippen LogP contribution in [0.3, 0.4) is 0 Å². The molecule has 1 aromatic heterocycles. The second kappa shape index (κ2) is 7.59. The Kier molecular flexibility index (Phi) is 5.51. The molecule has 0 bridgehead atoms. The van der Waals surface area contributed by atoms with Gasteiger partial charge in [0, 0.05) is 24.7 Å². The molecule has 0 radical (unpaired) electrons. The van der Waals surface area contributed by atoms with Gasteiger partial charge < -0.3 is 14.7 Å². The molecule has 2 rings (SSSR count). The molecule has 0 atom stereocenters. The van der Waals surface area contributed by atoms with Crippen LogP contribution in [0.15, 0.2) is 40.9 Å². The Bertz CT molecular complexity index is 562. The maximum absolute atomic E-state index is 12.0. The molecule has 1 amide bonds. The molecule has 5 nitrogen and oxygen atoms in total. The van der Waals surface area contributed by atoms with Crippen LogP contribution in [0.5, 0.6) is 0 Å². The van der Waals surface area contributed by atoms with Gasteiger partial charge >= 0.3 is 0 Å². The first kappa shape index (κ1) is 15.3. The van der Waals surface area contributed by atoms with Gasteiger partial charge in [-0.2, -0.15) is 0 Å². The van der Waals surface area contributed by atoms with E-state index in [1.807, 2.05) is 30.3 Å². The Morgan fingerprint density at radius 3 is 2.62 bits per heavy atom. The van der Waals surface area contributed by atoms with Crippen LogP contribution < -0.4 is 5.32 Å². The van der Waals surface area contributed by atoms with Crippen molar-refractivity contribution in [3.8, 4) is 11.3 Å². The SMILES string of the molecule is CCN(CC)CCNC(=O)c1cc(-c2ccccc2)on1. The van der Waals surface area contributed by atoms with Crippen LogP contribution in [0, 0.1) is 0 Å². The average Bonchev–Trinajstić information content (AvgIpc) is 3.02. The van der Waals surface area contributed by atoms with Gasteiger partial charge in [0.2, 0.25) is 0 Å². The molecular weight excluding hydrogens is 266 g/mol. The Labute approximate surface area is 124 Å². The lowest BCUT2D eigenvalue weighted by molar-refractivity contribution is 0.0940. The highest BCUT2D eigenvalue weighted by molar-refractivity contribution is 5.93. The second-order valence-electron chi connectivity index (χ2n) is 4.73. The van der Waals surface area contributed by atoms with E-state index in [0.29, 0.717) is 18.0 Å². The van der Waals surface area contributed by atoms with Crippen molar-refractivity contribution in [3.05, 3.63) is 42.1 Å². The van der Waals surface area contributed by atoms with Crippen LogP contribution in [0.2, 0.25) is 0 Å². The number of hydrogen-bond acceptors (Lipinski definition) is 4. The van der Waals surface area contributed by atoms with Crippen LogP contribution in [0.1, 0.15) is 24.3 Å². The third kappa shape index (κ3) is 4.16. The van der Waals surface area contributed by atoms with Crippen molar-refractivity contribution >= 4 is 5.91 Å². The number of nitrogens with one attached hydrogen (secondary N) is 1. The van der Waals surface area contributed by atoms with Crippen LogP contribution >= 0.6 is 0 Å². The van der Waals surface area contributed by atoms with Crippen LogP contribution in [-0.2, 0) is 0 Å². The fourth-order valence-electron chi connectivity index (χ4n) is 2.08. The van der Waals surface area contributed by atoms with Gasteiger partial charge in [0.1, 0.15) is 0 Å². The molecule has 21 heavy (non-hydrogen) atoms. The molecule has 1 N–H and O–H groups in total. The summed E-state index contributed by atoms with van der Waals surface area (Å²) in [6, 6.07) is 11.3. The maximum atomic E-state index is 12.0. The van der Waals surface area contributed by atoms with Crippen molar-refractivity contribution in [2.45, 2.75) is 13.8 Å². The van der Waals surface area contributed by atoms with Crippen molar-refractivity contribution < 1.29 is 9.32 Å². The zero-order chi connectivity index (χ0) is 15.1. The summed E-state index contributed by atoms with van der Waals surface area (Å²) in [6.45, 7) is 7.61. The molecule has 0 unspecified atom stereocenters. The van der Waals surface area contributed by atoms with E-state index >= 15 is 0 Å². The molecule has 0 spiro atoms. The van der Waals surface area contributed by atoms with Gasteiger partial charge in [0.15, 0.2) is 11.5 Å². The standard InChI is InChI=1S/C16H21N3O2/c1-3-19(4-2)11-10-17-16(20)14-12-15(21-18-14)13-8-6-5-7-9-13/h5-9,12H,3-4,10-11H2,1-2H3,(H,17,20). The number of benzene rings is 1. The minimum atomic E-state index is -0.201. The predicted octanol–water partition coefficient (Wildman–Crippen LogP) is 2.41. The number of carbonyl (C=O) groups is 1. The van der Waals surface area contributed by atoms with E-state index in [1.54, 1.807) is 6.07 Å². The zero-order valence-electron chi connectivity index (χ0n) is 12.5. The fourth-order valence-corrected chi connectivity index (χ4v) is 2.08. The minimum Gasteiger partial charge on any atom is -0.355 e. The number of hydrogen-bond donors (Lipinski definition) is 1.